The molecule has 0 spiro atoms. The molecule has 0 saturated heterocycles. The first-order chi connectivity index (χ1) is 6.11. The summed E-state index contributed by atoms with van der Waals surface area (Å²) in [6.45, 7) is 3.43. The van der Waals surface area contributed by atoms with Crippen LogP contribution in [0.25, 0.3) is 0 Å². The molecule has 0 radical (unpaired) electrons. The second kappa shape index (κ2) is 4.05. The Morgan fingerprint density at radius 3 is 2.62 bits per heavy atom. The lowest BCUT2D eigenvalue weighted by Gasteiger charge is -2.14. The first kappa shape index (κ1) is 9.74. The van der Waals surface area contributed by atoms with Crippen LogP contribution >= 0.6 is 0 Å². The monoisotopic (exact) mass is 178 g/mol. The summed E-state index contributed by atoms with van der Waals surface area (Å²) >= 11 is 0. The van der Waals surface area contributed by atoms with Gasteiger partial charge in [0, 0.05) is 6.92 Å². The number of hydrogen-bond donors (Lipinski definition) is 2. The summed E-state index contributed by atoms with van der Waals surface area (Å²) < 4.78 is 0. The zero-order chi connectivity index (χ0) is 9.84. The van der Waals surface area contributed by atoms with Gasteiger partial charge in [0.05, 0.1) is 0 Å². The fraction of sp³-hybridized carbons (Fsp3) is 0.300. The molecule has 1 amide bonds. The molecule has 13 heavy (non-hydrogen) atoms. The van der Waals surface area contributed by atoms with E-state index >= 15 is 0 Å². The van der Waals surface area contributed by atoms with E-state index in [2.05, 4.69) is 5.32 Å². The molecule has 1 atom stereocenters. The maximum Gasteiger partial charge on any atom is 0.218 e. The van der Waals surface area contributed by atoms with Gasteiger partial charge in [-0.15, -0.1) is 0 Å². The van der Waals surface area contributed by atoms with Crippen LogP contribution in [0, 0.1) is 6.92 Å². The van der Waals surface area contributed by atoms with E-state index in [0.29, 0.717) is 0 Å². The molecule has 0 heterocycles. The number of amides is 1. The minimum Gasteiger partial charge on any atom is -0.337 e. The van der Waals surface area contributed by atoms with Crippen LogP contribution < -0.4 is 11.1 Å². The molecule has 0 aliphatic carbocycles. The molecule has 3 N–H and O–H groups in total. The summed E-state index contributed by atoms with van der Waals surface area (Å²) in [6.07, 6.45) is -0.404. The van der Waals surface area contributed by atoms with Crippen LogP contribution in [-0.4, -0.2) is 5.91 Å². The van der Waals surface area contributed by atoms with Gasteiger partial charge in [0.15, 0.2) is 0 Å². The lowest BCUT2D eigenvalue weighted by Crippen LogP contribution is -2.32. The maximum atomic E-state index is 10.7. The summed E-state index contributed by atoms with van der Waals surface area (Å²) in [7, 11) is 0. The SMILES string of the molecule is CC(=O)NC(N)c1ccccc1C. The third-order valence-electron chi connectivity index (χ3n) is 1.88. The van der Waals surface area contributed by atoms with E-state index in [1.807, 2.05) is 31.2 Å². The number of nitrogens with one attached hydrogen (secondary N) is 1. The van der Waals surface area contributed by atoms with Gasteiger partial charge in [0.1, 0.15) is 6.17 Å². The Kier molecular flexibility index (Phi) is 3.03. The van der Waals surface area contributed by atoms with Crippen LogP contribution in [0.3, 0.4) is 0 Å². The summed E-state index contributed by atoms with van der Waals surface area (Å²) in [4.78, 5) is 10.7. The smallest absolute Gasteiger partial charge is 0.218 e. The number of rotatable bonds is 2. The Balaban J connectivity index is 2.82. The summed E-state index contributed by atoms with van der Waals surface area (Å²) in [5.41, 5.74) is 7.81. The molecule has 0 saturated carbocycles. The molecular weight excluding hydrogens is 164 g/mol. The first-order valence-electron chi connectivity index (χ1n) is 4.19. The Labute approximate surface area is 77.9 Å². The molecule has 1 unspecified atom stereocenters. The molecule has 1 aromatic carbocycles. The highest BCUT2D eigenvalue weighted by atomic mass is 16.1. The zero-order valence-electron chi connectivity index (χ0n) is 7.87. The third kappa shape index (κ3) is 2.56. The van der Waals surface area contributed by atoms with Gasteiger partial charge < -0.3 is 11.1 Å². The van der Waals surface area contributed by atoms with E-state index in [-0.39, 0.29) is 5.91 Å². The van der Waals surface area contributed by atoms with Gasteiger partial charge >= 0.3 is 0 Å². The first-order valence-corrected chi connectivity index (χ1v) is 4.19. The van der Waals surface area contributed by atoms with E-state index in [1.54, 1.807) is 0 Å². The molecule has 0 aliphatic heterocycles. The molecule has 1 aromatic rings. The van der Waals surface area contributed by atoms with Gasteiger partial charge in [0.25, 0.3) is 0 Å². The Morgan fingerprint density at radius 1 is 1.46 bits per heavy atom. The predicted molar refractivity (Wildman–Crippen MR) is 51.9 cm³/mol. The van der Waals surface area contributed by atoms with Crippen molar-refractivity contribution in [2.75, 3.05) is 0 Å². The summed E-state index contributed by atoms with van der Waals surface area (Å²) in [5, 5.41) is 2.64. The van der Waals surface area contributed by atoms with Gasteiger partial charge in [-0.05, 0) is 18.1 Å². The molecule has 70 valence electrons. The van der Waals surface area contributed by atoms with Crippen LogP contribution in [-0.2, 0) is 4.79 Å². The number of benzene rings is 1. The van der Waals surface area contributed by atoms with Gasteiger partial charge in [-0.25, -0.2) is 0 Å². The zero-order valence-corrected chi connectivity index (χ0v) is 7.87. The molecule has 0 fully saturated rings. The molecular formula is C10H14N2O. The van der Waals surface area contributed by atoms with E-state index in [0.717, 1.165) is 11.1 Å². The number of carbonyl (C=O) groups is 1. The van der Waals surface area contributed by atoms with Gasteiger partial charge in [0.2, 0.25) is 5.91 Å². The summed E-state index contributed by atoms with van der Waals surface area (Å²) in [5.74, 6) is -0.115. The second-order valence-corrected chi connectivity index (χ2v) is 3.03. The van der Waals surface area contributed by atoms with Gasteiger partial charge in [-0.1, -0.05) is 24.3 Å². The van der Waals surface area contributed by atoms with Gasteiger partial charge in [-0.3, -0.25) is 4.79 Å². The van der Waals surface area contributed by atoms with Crippen LogP contribution in [0.5, 0.6) is 0 Å². The van der Waals surface area contributed by atoms with Crippen LogP contribution in [0.4, 0.5) is 0 Å². The van der Waals surface area contributed by atoms with Crippen molar-refractivity contribution in [2.24, 2.45) is 5.73 Å². The number of nitrogens with two attached hydrogens (primary N) is 1. The van der Waals surface area contributed by atoms with Crippen molar-refractivity contribution in [3.63, 3.8) is 0 Å². The maximum absolute atomic E-state index is 10.7. The largest absolute Gasteiger partial charge is 0.337 e. The van der Waals surface area contributed by atoms with Crippen molar-refractivity contribution in [3.05, 3.63) is 35.4 Å². The average molecular weight is 178 g/mol. The topological polar surface area (TPSA) is 55.1 Å². The lowest BCUT2D eigenvalue weighted by atomic mass is 10.1. The van der Waals surface area contributed by atoms with E-state index < -0.39 is 6.17 Å². The quantitative estimate of drug-likeness (QED) is 0.666. The van der Waals surface area contributed by atoms with Crippen molar-refractivity contribution in [1.82, 2.24) is 5.32 Å². The summed E-state index contributed by atoms with van der Waals surface area (Å²) in [6, 6.07) is 7.73. The fourth-order valence-corrected chi connectivity index (χ4v) is 1.23. The average Bonchev–Trinajstić information content (AvgIpc) is 2.03. The van der Waals surface area contributed by atoms with Crippen molar-refractivity contribution < 1.29 is 4.79 Å². The number of aryl methyl sites for hydroxylation is 1. The Morgan fingerprint density at radius 2 is 2.08 bits per heavy atom. The van der Waals surface area contributed by atoms with E-state index in [1.165, 1.54) is 6.92 Å². The third-order valence-corrected chi connectivity index (χ3v) is 1.88. The highest BCUT2D eigenvalue weighted by molar-refractivity contribution is 5.73. The number of hydrogen-bond acceptors (Lipinski definition) is 2. The Bertz CT molecular complexity index is 310. The minimum atomic E-state index is -0.404. The second-order valence-electron chi connectivity index (χ2n) is 3.03. The molecule has 1 rings (SSSR count). The molecule has 0 aromatic heterocycles. The molecule has 3 heteroatoms. The molecule has 3 nitrogen and oxygen atoms in total. The van der Waals surface area contributed by atoms with Crippen molar-refractivity contribution in [2.45, 2.75) is 20.0 Å². The fourth-order valence-electron chi connectivity index (χ4n) is 1.23. The van der Waals surface area contributed by atoms with Crippen molar-refractivity contribution in [3.8, 4) is 0 Å². The normalized spacial score (nSPS) is 12.2. The highest BCUT2D eigenvalue weighted by Gasteiger charge is 2.07. The molecule has 0 aliphatic rings. The van der Waals surface area contributed by atoms with E-state index in [4.69, 9.17) is 5.73 Å². The predicted octanol–water partition coefficient (Wildman–Crippen LogP) is 1.09. The van der Waals surface area contributed by atoms with Crippen LogP contribution in [0.1, 0.15) is 24.2 Å². The number of carbonyl (C=O) groups excluding carboxylic acids is 1. The lowest BCUT2D eigenvalue weighted by molar-refractivity contribution is -0.119. The van der Waals surface area contributed by atoms with Gasteiger partial charge in [-0.2, -0.15) is 0 Å². The van der Waals surface area contributed by atoms with Crippen LogP contribution in [0.15, 0.2) is 24.3 Å². The standard InChI is InChI=1S/C10H14N2O/c1-7-5-3-4-6-9(7)10(11)12-8(2)13/h3-6,10H,11H2,1-2H3,(H,12,13). The van der Waals surface area contributed by atoms with Crippen molar-refractivity contribution >= 4 is 5.91 Å². The minimum absolute atomic E-state index is 0.115. The Hall–Kier alpha value is -1.35. The van der Waals surface area contributed by atoms with Crippen molar-refractivity contribution in [1.29, 1.82) is 0 Å². The van der Waals surface area contributed by atoms with E-state index in [9.17, 15) is 4.79 Å². The van der Waals surface area contributed by atoms with Crippen LogP contribution in [0.2, 0.25) is 0 Å². The highest BCUT2D eigenvalue weighted by Crippen LogP contribution is 2.12. The molecule has 0 bridgehead atoms.